The topological polar surface area (TPSA) is 93.5 Å². The highest BCUT2D eigenvalue weighted by molar-refractivity contribution is 8.24. The van der Waals surface area contributed by atoms with Crippen LogP contribution < -0.4 is 9.47 Å². The first-order valence-corrected chi connectivity index (χ1v) is 9.26. The maximum atomic E-state index is 12.6. The van der Waals surface area contributed by atoms with Gasteiger partial charge in [-0.2, -0.15) is 5.26 Å². The highest BCUT2D eigenvalue weighted by Gasteiger charge is 2.34. The average molecular weight is 391 g/mol. The summed E-state index contributed by atoms with van der Waals surface area (Å²) in [5.41, 5.74) is -0.683. The second-order valence-electron chi connectivity index (χ2n) is 6.46. The fourth-order valence-electron chi connectivity index (χ4n) is 2.06. The molecule has 1 aliphatic rings. The number of benzene rings is 1. The Kier molecular flexibility index (Phi) is 5.84. The van der Waals surface area contributed by atoms with Crippen LogP contribution in [0.1, 0.15) is 34.6 Å². The number of ketones is 1. The van der Waals surface area contributed by atoms with E-state index >= 15 is 0 Å². The maximum Gasteiger partial charge on any atom is 0.308 e. The third kappa shape index (κ3) is 4.29. The van der Waals surface area contributed by atoms with Gasteiger partial charge >= 0.3 is 11.9 Å². The van der Waals surface area contributed by atoms with Gasteiger partial charge in [0.2, 0.25) is 0 Å². The Hall–Kier alpha value is -2.24. The lowest BCUT2D eigenvalue weighted by Gasteiger charge is -2.16. The largest absolute Gasteiger partial charge is 0.425 e. The molecule has 0 N–H and O–H groups in total. The van der Waals surface area contributed by atoms with Gasteiger partial charge in [0.05, 0.1) is 14.0 Å². The van der Waals surface area contributed by atoms with Crippen LogP contribution in [0.2, 0.25) is 0 Å². The smallest absolute Gasteiger partial charge is 0.308 e. The zero-order valence-electron chi connectivity index (χ0n) is 15.0. The van der Waals surface area contributed by atoms with Gasteiger partial charge in [-0.3, -0.25) is 14.4 Å². The van der Waals surface area contributed by atoms with Gasteiger partial charge < -0.3 is 9.47 Å². The summed E-state index contributed by atoms with van der Waals surface area (Å²) in [6.07, 6.45) is 0. The Balaban J connectivity index is 2.57. The molecular formula is C18H17NO5S2. The van der Waals surface area contributed by atoms with Crippen molar-refractivity contribution in [2.75, 3.05) is 0 Å². The number of fused-ring (bicyclic) bond motifs is 1. The minimum Gasteiger partial charge on any atom is -0.425 e. The van der Waals surface area contributed by atoms with E-state index in [1.165, 1.54) is 26.0 Å². The third-order valence-corrected chi connectivity index (χ3v) is 5.79. The molecule has 2 rings (SSSR count). The molecule has 1 aliphatic heterocycles. The Bertz CT molecular complexity index is 828. The average Bonchev–Trinajstić information content (AvgIpc) is 2.94. The first-order chi connectivity index (χ1) is 12.0. The molecule has 0 saturated heterocycles. The normalized spacial score (nSPS) is 12.8. The predicted octanol–water partition coefficient (Wildman–Crippen LogP) is 4.09. The van der Waals surface area contributed by atoms with Crippen LogP contribution in [0.25, 0.3) is 0 Å². The van der Waals surface area contributed by atoms with E-state index in [1.54, 1.807) is 20.8 Å². The molecule has 0 saturated carbocycles. The molecule has 0 atom stereocenters. The fourth-order valence-corrected chi connectivity index (χ4v) is 4.64. The summed E-state index contributed by atoms with van der Waals surface area (Å²) in [7, 11) is 0. The second-order valence-corrected chi connectivity index (χ2v) is 8.76. The SMILES string of the molecule is CC(=O)Oc1ccc(OC(C)=O)c2c1SC(=C(C#N)C(=O)C(C)(C)C)S2. The van der Waals surface area contributed by atoms with Gasteiger partial charge in [-0.05, 0) is 12.1 Å². The van der Waals surface area contributed by atoms with Gasteiger partial charge in [-0.25, -0.2) is 0 Å². The van der Waals surface area contributed by atoms with E-state index in [0.29, 0.717) is 14.0 Å². The molecule has 136 valence electrons. The van der Waals surface area contributed by atoms with Crippen molar-refractivity contribution in [3.63, 3.8) is 0 Å². The fraction of sp³-hybridized carbons (Fsp3) is 0.333. The lowest BCUT2D eigenvalue weighted by Crippen LogP contribution is -2.21. The van der Waals surface area contributed by atoms with Crippen molar-refractivity contribution in [3.05, 3.63) is 21.9 Å². The van der Waals surface area contributed by atoms with E-state index in [0.717, 1.165) is 23.5 Å². The Morgan fingerprint density at radius 1 is 0.962 bits per heavy atom. The van der Waals surface area contributed by atoms with Gasteiger partial charge in [0.15, 0.2) is 5.78 Å². The Morgan fingerprint density at radius 3 is 1.69 bits per heavy atom. The van der Waals surface area contributed by atoms with E-state index in [1.807, 2.05) is 6.07 Å². The molecular weight excluding hydrogens is 374 g/mol. The number of esters is 2. The van der Waals surface area contributed by atoms with Crippen molar-refractivity contribution in [1.29, 1.82) is 5.26 Å². The Morgan fingerprint density at radius 2 is 1.38 bits per heavy atom. The molecule has 6 nitrogen and oxygen atoms in total. The van der Waals surface area contributed by atoms with E-state index in [2.05, 4.69) is 0 Å². The van der Waals surface area contributed by atoms with Crippen LogP contribution in [-0.2, 0) is 14.4 Å². The number of carbonyl (C=O) groups excluding carboxylic acids is 3. The van der Waals surface area contributed by atoms with Crippen molar-refractivity contribution in [2.45, 2.75) is 44.4 Å². The van der Waals surface area contributed by atoms with Crippen LogP contribution in [-0.4, -0.2) is 17.7 Å². The number of allylic oxidation sites excluding steroid dienone is 1. The van der Waals surface area contributed by atoms with Crippen molar-refractivity contribution < 1.29 is 23.9 Å². The summed E-state index contributed by atoms with van der Waals surface area (Å²) in [6.45, 7) is 7.76. The quantitative estimate of drug-likeness (QED) is 0.329. The molecule has 1 aromatic carbocycles. The molecule has 0 bridgehead atoms. The van der Waals surface area contributed by atoms with E-state index in [-0.39, 0.29) is 22.9 Å². The van der Waals surface area contributed by atoms with Gasteiger partial charge in [0.25, 0.3) is 0 Å². The molecule has 0 radical (unpaired) electrons. The standard InChI is InChI=1S/C18H17NO5S2/c1-9(20)23-12-6-7-13(24-10(2)21)15-14(12)25-17(26-15)11(8-19)16(22)18(3,4)5/h6-7H,1-5H3. The number of carbonyl (C=O) groups is 3. The zero-order valence-corrected chi connectivity index (χ0v) is 16.6. The van der Waals surface area contributed by atoms with Crippen LogP contribution in [0.5, 0.6) is 11.5 Å². The highest BCUT2D eigenvalue weighted by Crippen LogP contribution is 2.59. The van der Waals surface area contributed by atoms with Crippen LogP contribution >= 0.6 is 23.5 Å². The minimum absolute atomic E-state index is 0.0336. The maximum absolute atomic E-state index is 12.6. The van der Waals surface area contributed by atoms with Crippen molar-refractivity contribution in [3.8, 4) is 17.6 Å². The molecule has 0 amide bonds. The van der Waals surface area contributed by atoms with Crippen molar-refractivity contribution >= 4 is 41.2 Å². The van der Waals surface area contributed by atoms with Crippen molar-refractivity contribution in [2.24, 2.45) is 5.41 Å². The summed E-state index contributed by atoms with van der Waals surface area (Å²) in [6, 6.07) is 5.02. The number of rotatable bonds is 3. The van der Waals surface area contributed by atoms with Gasteiger partial charge in [-0.15, -0.1) is 0 Å². The monoisotopic (exact) mass is 391 g/mol. The second kappa shape index (κ2) is 7.56. The summed E-state index contributed by atoms with van der Waals surface area (Å²) in [5.74, 6) is -0.706. The van der Waals surface area contributed by atoms with E-state index < -0.39 is 17.4 Å². The number of Topliss-reactive ketones (excluding diaryl/α,β-unsaturated/α-hetero) is 1. The molecule has 0 spiro atoms. The predicted molar refractivity (Wildman–Crippen MR) is 97.9 cm³/mol. The van der Waals surface area contributed by atoms with E-state index in [4.69, 9.17) is 9.47 Å². The first kappa shape index (κ1) is 20.1. The highest BCUT2D eigenvalue weighted by atomic mass is 32.2. The Labute approximate surface area is 159 Å². The number of thioether (sulfide) groups is 2. The summed E-state index contributed by atoms with van der Waals surface area (Å²) in [5, 5.41) is 9.50. The molecule has 26 heavy (non-hydrogen) atoms. The van der Waals surface area contributed by atoms with Gasteiger partial charge in [0, 0.05) is 19.3 Å². The molecule has 8 heteroatoms. The summed E-state index contributed by atoms with van der Waals surface area (Å²) < 4.78 is 10.9. The summed E-state index contributed by atoms with van der Waals surface area (Å²) in [4.78, 5) is 36.3. The lowest BCUT2D eigenvalue weighted by molar-refractivity contribution is -0.133. The number of hydrogen-bond acceptors (Lipinski definition) is 8. The van der Waals surface area contributed by atoms with Crippen LogP contribution in [0.4, 0.5) is 0 Å². The number of nitrogens with zero attached hydrogens (tertiary/aromatic N) is 1. The number of hydrogen-bond donors (Lipinski definition) is 0. The number of nitriles is 1. The molecule has 1 heterocycles. The van der Waals surface area contributed by atoms with Crippen molar-refractivity contribution in [1.82, 2.24) is 0 Å². The van der Waals surface area contributed by atoms with Crippen LogP contribution in [0.15, 0.2) is 31.7 Å². The van der Waals surface area contributed by atoms with E-state index in [9.17, 15) is 19.6 Å². The summed E-state index contributed by atoms with van der Waals surface area (Å²) >= 11 is 2.31. The molecule has 0 fully saturated rings. The zero-order chi connectivity index (χ0) is 19.6. The lowest BCUT2D eigenvalue weighted by atomic mass is 9.87. The minimum atomic E-state index is -0.717. The van der Waals surface area contributed by atoms with Gasteiger partial charge in [-0.1, -0.05) is 44.3 Å². The molecule has 0 aliphatic carbocycles. The molecule has 0 aromatic heterocycles. The van der Waals surface area contributed by atoms with Gasteiger partial charge in [0.1, 0.15) is 23.1 Å². The third-order valence-electron chi connectivity index (χ3n) is 3.16. The molecule has 1 aromatic rings. The van der Waals surface area contributed by atoms with Crippen LogP contribution in [0, 0.1) is 16.7 Å². The van der Waals surface area contributed by atoms with Crippen LogP contribution in [0.3, 0.4) is 0 Å². The number of ether oxygens (including phenoxy) is 2. The molecule has 0 unspecified atom stereocenters. The first-order valence-electron chi connectivity index (χ1n) is 7.63.